The third-order valence-electron chi connectivity index (χ3n) is 3.40. The van der Waals surface area contributed by atoms with Gasteiger partial charge >= 0.3 is 0 Å². The smallest absolute Gasteiger partial charge is 0.228 e. The van der Waals surface area contributed by atoms with E-state index in [4.69, 9.17) is 10.5 Å². The minimum Gasteiger partial charge on any atom is -0.478 e. The largest absolute Gasteiger partial charge is 0.478 e. The maximum atomic E-state index is 5.81. The zero-order valence-electron chi connectivity index (χ0n) is 11.2. The van der Waals surface area contributed by atoms with Crippen molar-refractivity contribution in [1.29, 1.82) is 0 Å². The van der Waals surface area contributed by atoms with Gasteiger partial charge in [-0.1, -0.05) is 13.8 Å². The molecule has 1 aliphatic rings. The number of nitrogens with two attached hydrogens (primary N) is 1. The Morgan fingerprint density at radius 2 is 2.39 bits per heavy atom. The van der Waals surface area contributed by atoms with Crippen molar-refractivity contribution in [1.82, 2.24) is 9.97 Å². The number of aromatic nitrogens is 2. The molecule has 2 N–H and O–H groups in total. The van der Waals surface area contributed by atoms with Gasteiger partial charge in [0.2, 0.25) is 11.8 Å². The molecule has 0 saturated carbocycles. The van der Waals surface area contributed by atoms with Gasteiger partial charge in [-0.3, -0.25) is 0 Å². The van der Waals surface area contributed by atoms with E-state index < -0.39 is 0 Å². The molecule has 1 fully saturated rings. The van der Waals surface area contributed by atoms with Crippen LogP contribution in [0.1, 0.15) is 26.7 Å². The van der Waals surface area contributed by atoms with Crippen LogP contribution in [0.3, 0.4) is 0 Å². The van der Waals surface area contributed by atoms with Gasteiger partial charge in [0, 0.05) is 25.4 Å². The molecule has 1 saturated heterocycles. The Kier molecular flexibility index (Phi) is 4.01. The molecule has 2 heterocycles. The van der Waals surface area contributed by atoms with Crippen molar-refractivity contribution in [3.05, 3.63) is 12.3 Å². The fourth-order valence-electron chi connectivity index (χ4n) is 2.13. The van der Waals surface area contributed by atoms with Crippen molar-refractivity contribution in [2.24, 2.45) is 11.1 Å². The number of ether oxygens (including phenoxy) is 1. The topological polar surface area (TPSA) is 64.3 Å². The molecule has 5 heteroatoms. The van der Waals surface area contributed by atoms with Gasteiger partial charge in [0.05, 0.1) is 6.61 Å². The van der Waals surface area contributed by atoms with E-state index in [9.17, 15) is 0 Å². The summed E-state index contributed by atoms with van der Waals surface area (Å²) in [5.74, 6) is 1.41. The maximum Gasteiger partial charge on any atom is 0.228 e. The highest BCUT2D eigenvalue weighted by Crippen LogP contribution is 2.30. The second kappa shape index (κ2) is 5.52. The first-order valence-corrected chi connectivity index (χ1v) is 6.58. The summed E-state index contributed by atoms with van der Waals surface area (Å²) in [6.07, 6.45) is 3.83. The predicted octanol–water partition coefficient (Wildman–Crippen LogP) is 1.44. The lowest BCUT2D eigenvalue weighted by molar-refractivity contribution is 0.304. The number of nitrogens with zero attached hydrogens (tertiary/aromatic N) is 3. The van der Waals surface area contributed by atoms with Crippen molar-refractivity contribution in [2.75, 3.05) is 31.1 Å². The third kappa shape index (κ3) is 2.90. The highest BCUT2D eigenvalue weighted by molar-refractivity contribution is 5.34. The third-order valence-corrected chi connectivity index (χ3v) is 3.40. The molecule has 0 amide bonds. The number of rotatable bonds is 5. The average Bonchev–Trinajstić information content (AvgIpc) is 2.80. The summed E-state index contributed by atoms with van der Waals surface area (Å²) in [4.78, 5) is 11.0. The molecule has 5 nitrogen and oxygen atoms in total. The summed E-state index contributed by atoms with van der Waals surface area (Å²) < 4.78 is 5.53. The second-order valence-electron chi connectivity index (χ2n) is 5.23. The summed E-state index contributed by atoms with van der Waals surface area (Å²) in [6, 6.07) is 1.80. The number of hydrogen-bond donors (Lipinski definition) is 1. The molecular formula is C13H22N4O. The van der Waals surface area contributed by atoms with Crippen LogP contribution in [0, 0.1) is 5.41 Å². The highest BCUT2D eigenvalue weighted by atomic mass is 16.5. The highest BCUT2D eigenvalue weighted by Gasteiger charge is 2.33. The van der Waals surface area contributed by atoms with Crippen LogP contribution in [0.15, 0.2) is 12.3 Å². The standard InChI is InChI=1S/C13H22N4O/c1-3-8-18-11-4-6-15-12(16-11)17-7-5-13(2,9-14)10-17/h4,6H,3,5,7-10,14H2,1-2H3. The van der Waals surface area contributed by atoms with Gasteiger partial charge in [-0.25, -0.2) is 4.98 Å². The van der Waals surface area contributed by atoms with Crippen LogP contribution in [0.25, 0.3) is 0 Å². The molecular weight excluding hydrogens is 228 g/mol. The molecule has 18 heavy (non-hydrogen) atoms. The zero-order chi connectivity index (χ0) is 13.0. The summed E-state index contributed by atoms with van der Waals surface area (Å²) in [5.41, 5.74) is 6.00. The molecule has 1 aromatic heterocycles. The van der Waals surface area contributed by atoms with Crippen LogP contribution < -0.4 is 15.4 Å². The predicted molar refractivity (Wildman–Crippen MR) is 71.8 cm³/mol. The molecule has 100 valence electrons. The minimum absolute atomic E-state index is 0.184. The summed E-state index contributed by atoms with van der Waals surface area (Å²) in [6.45, 7) is 7.57. The lowest BCUT2D eigenvalue weighted by Crippen LogP contribution is -2.31. The van der Waals surface area contributed by atoms with Crippen LogP contribution in [0.4, 0.5) is 5.95 Å². The Balaban J connectivity index is 2.05. The monoisotopic (exact) mass is 250 g/mol. The quantitative estimate of drug-likeness (QED) is 0.856. The molecule has 1 atom stereocenters. The van der Waals surface area contributed by atoms with Crippen molar-refractivity contribution < 1.29 is 4.74 Å². The van der Waals surface area contributed by atoms with Crippen molar-refractivity contribution >= 4 is 5.95 Å². The van der Waals surface area contributed by atoms with E-state index in [0.29, 0.717) is 19.0 Å². The molecule has 2 rings (SSSR count). The maximum absolute atomic E-state index is 5.81. The van der Waals surface area contributed by atoms with E-state index in [1.807, 2.05) is 0 Å². The Labute approximate surface area is 108 Å². The fourth-order valence-corrected chi connectivity index (χ4v) is 2.13. The number of hydrogen-bond acceptors (Lipinski definition) is 5. The van der Waals surface area contributed by atoms with Gasteiger partial charge in [-0.2, -0.15) is 4.98 Å². The van der Waals surface area contributed by atoms with Gasteiger partial charge in [-0.15, -0.1) is 0 Å². The van der Waals surface area contributed by atoms with Gasteiger partial charge in [0.25, 0.3) is 0 Å². The van der Waals surface area contributed by atoms with E-state index >= 15 is 0 Å². The second-order valence-corrected chi connectivity index (χ2v) is 5.23. The lowest BCUT2D eigenvalue weighted by atomic mass is 9.90. The molecule has 0 spiro atoms. The van der Waals surface area contributed by atoms with Gasteiger partial charge in [-0.05, 0) is 24.8 Å². The van der Waals surface area contributed by atoms with E-state index in [-0.39, 0.29) is 5.41 Å². The average molecular weight is 250 g/mol. The van der Waals surface area contributed by atoms with Gasteiger partial charge in [0.1, 0.15) is 0 Å². The van der Waals surface area contributed by atoms with E-state index in [1.165, 1.54) is 0 Å². The molecule has 1 aromatic rings. The Morgan fingerprint density at radius 1 is 1.56 bits per heavy atom. The van der Waals surface area contributed by atoms with Gasteiger partial charge < -0.3 is 15.4 Å². The van der Waals surface area contributed by atoms with Crippen molar-refractivity contribution in [3.8, 4) is 5.88 Å². The first-order chi connectivity index (χ1) is 8.67. The first-order valence-electron chi connectivity index (χ1n) is 6.58. The van der Waals surface area contributed by atoms with Crippen molar-refractivity contribution in [3.63, 3.8) is 0 Å². The zero-order valence-corrected chi connectivity index (χ0v) is 11.2. The van der Waals surface area contributed by atoms with Crippen molar-refractivity contribution in [2.45, 2.75) is 26.7 Å². The van der Waals surface area contributed by atoms with Crippen LogP contribution >= 0.6 is 0 Å². The minimum atomic E-state index is 0.184. The van der Waals surface area contributed by atoms with Crippen LogP contribution in [0.2, 0.25) is 0 Å². The summed E-state index contributed by atoms with van der Waals surface area (Å²) in [5, 5.41) is 0. The molecule has 0 bridgehead atoms. The fraction of sp³-hybridized carbons (Fsp3) is 0.692. The normalized spacial score (nSPS) is 23.4. The molecule has 1 unspecified atom stereocenters. The first kappa shape index (κ1) is 13.1. The van der Waals surface area contributed by atoms with E-state index in [2.05, 4.69) is 28.7 Å². The van der Waals surface area contributed by atoms with E-state index in [1.54, 1.807) is 12.3 Å². The Hall–Kier alpha value is -1.36. The number of anilines is 1. The Bertz CT molecular complexity index is 398. The van der Waals surface area contributed by atoms with E-state index in [0.717, 1.165) is 31.9 Å². The molecule has 0 aromatic carbocycles. The summed E-state index contributed by atoms with van der Waals surface area (Å²) in [7, 11) is 0. The lowest BCUT2D eigenvalue weighted by Gasteiger charge is -2.22. The molecule has 0 radical (unpaired) electrons. The van der Waals surface area contributed by atoms with Gasteiger partial charge in [0.15, 0.2) is 0 Å². The van der Waals surface area contributed by atoms with Crippen LogP contribution in [-0.4, -0.2) is 36.2 Å². The van der Waals surface area contributed by atoms with Crippen LogP contribution in [-0.2, 0) is 0 Å². The Morgan fingerprint density at radius 3 is 3.06 bits per heavy atom. The molecule has 1 aliphatic heterocycles. The molecule has 0 aliphatic carbocycles. The van der Waals surface area contributed by atoms with Crippen LogP contribution in [0.5, 0.6) is 5.88 Å². The SMILES string of the molecule is CCCOc1ccnc(N2CCC(C)(CN)C2)n1. The summed E-state index contributed by atoms with van der Waals surface area (Å²) >= 11 is 0.